The lowest BCUT2D eigenvalue weighted by Gasteiger charge is -2.32. The van der Waals surface area contributed by atoms with Crippen LogP contribution in [0.1, 0.15) is 95.9 Å². The molecule has 2 aliphatic rings. The van der Waals surface area contributed by atoms with Gasteiger partial charge in [-0.2, -0.15) is 0 Å². The molecule has 0 bridgehead atoms. The molecule has 0 aromatic heterocycles. The number of carbonyl (C=O) groups is 4. The second-order valence-corrected chi connectivity index (χ2v) is 14.7. The number of ether oxygens (including phenoxy) is 2. The lowest BCUT2D eigenvalue weighted by atomic mass is 9.79. The summed E-state index contributed by atoms with van der Waals surface area (Å²) < 4.78 is 23.0. The van der Waals surface area contributed by atoms with Gasteiger partial charge in [0.2, 0.25) is 5.91 Å². The van der Waals surface area contributed by atoms with Crippen molar-refractivity contribution in [2.45, 2.75) is 143 Å². The number of nitrogens with zero attached hydrogens (tertiary/aromatic N) is 1. The molecule has 0 saturated carbocycles. The highest BCUT2D eigenvalue weighted by Gasteiger charge is 2.52. The van der Waals surface area contributed by atoms with Crippen molar-refractivity contribution in [1.29, 1.82) is 0 Å². The molecular weight excluding hydrogens is 545 g/mol. The summed E-state index contributed by atoms with van der Waals surface area (Å²) in [4.78, 5) is 52.8. The van der Waals surface area contributed by atoms with E-state index in [0.29, 0.717) is 19.2 Å². The number of amides is 3. The Morgan fingerprint density at radius 2 is 1.50 bits per heavy atom. The molecule has 4 atom stereocenters. The predicted molar refractivity (Wildman–Crippen MR) is 158 cm³/mol. The van der Waals surface area contributed by atoms with Crippen molar-refractivity contribution in [1.82, 2.24) is 15.5 Å². The Morgan fingerprint density at radius 3 is 1.95 bits per heavy atom. The van der Waals surface area contributed by atoms with Gasteiger partial charge in [0.1, 0.15) is 23.3 Å². The third kappa shape index (κ3) is 9.49. The van der Waals surface area contributed by atoms with Crippen molar-refractivity contribution in [3.8, 4) is 0 Å². The van der Waals surface area contributed by atoms with Crippen LogP contribution in [0.3, 0.4) is 0 Å². The predicted octanol–water partition coefficient (Wildman–Crippen LogP) is 4.21. The summed E-state index contributed by atoms with van der Waals surface area (Å²) in [5, 5.41) is 15.8. The molecule has 0 aromatic carbocycles. The SMILES string of the molecule is CC(C)[C@H](NC(=O)OC(C)(C)C)C(=O)N[C@H]1CN(C(=O)OC(C)(C)C)[C@H](C(=O)O)[C@@H]1CCCB1OC(C)(C)C(C)(C)O1. The van der Waals surface area contributed by atoms with Gasteiger partial charge in [-0.05, 0) is 87.9 Å². The first-order valence-corrected chi connectivity index (χ1v) is 14.8. The molecule has 42 heavy (non-hydrogen) atoms. The average molecular weight is 598 g/mol. The highest BCUT2D eigenvalue weighted by atomic mass is 16.7. The largest absolute Gasteiger partial charge is 0.480 e. The van der Waals surface area contributed by atoms with Gasteiger partial charge >= 0.3 is 25.3 Å². The van der Waals surface area contributed by atoms with Gasteiger partial charge in [-0.15, -0.1) is 0 Å². The molecule has 0 aliphatic carbocycles. The van der Waals surface area contributed by atoms with Crippen LogP contribution in [0.2, 0.25) is 6.32 Å². The van der Waals surface area contributed by atoms with Crippen LogP contribution in [0.15, 0.2) is 0 Å². The fourth-order valence-electron chi connectivity index (χ4n) is 5.09. The van der Waals surface area contributed by atoms with E-state index in [4.69, 9.17) is 18.8 Å². The van der Waals surface area contributed by atoms with E-state index >= 15 is 0 Å². The number of nitrogens with one attached hydrogen (secondary N) is 2. The van der Waals surface area contributed by atoms with Crippen LogP contribution < -0.4 is 10.6 Å². The summed E-state index contributed by atoms with van der Waals surface area (Å²) in [5.41, 5.74) is -2.58. The fraction of sp³-hybridized carbons (Fsp3) is 0.862. The Morgan fingerprint density at radius 1 is 0.976 bits per heavy atom. The van der Waals surface area contributed by atoms with Gasteiger partial charge in [0.05, 0.1) is 17.2 Å². The maximum atomic E-state index is 13.5. The zero-order valence-corrected chi connectivity index (χ0v) is 27.5. The summed E-state index contributed by atoms with van der Waals surface area (Å²) in [6.07, 6.45) is -0.0892. The van der Waals surface area contributed by atoms with Gasteiger partial charge in [0.15, 0.2) is 0 Å². The first-order chi connectivity index (χ1) is 18.9. The molecule has 3 amide bonds. The van der Waals surface area contributed by atoms with E-state index in [-0.39, 0.29) is 12.5 Å². The first kappa shape index (κ1) is 35.7. The van der Waals surface area contributed by atoms with E-state index in [1.54, 1.807) is 55.4 Å². The lowest BCUT2D eigenvalue weighted by Crippen LogP contribution is -2.54. The first-order valence-electron chi connectivity index (χ1n) is 14.8. The van der Waals surface area contributed by atoms with Crippen molar-refractivity contribution in [3.63, 3.8) is 0 Å². The minimum Gasteiger partial charge on any atom is -0.480 e. The standard InChI is InChI=1S/C29H52BN3O9/c1-17(2)20(32-24(37)39-26(3,4)5)22(34)31-19-16-33(25(38)40-27(6,7)8)21(23(35)36)18(19)14-13-15-30-41-28(9,10)29(11,12)42-30/h17-21H,13-16H2,1-12H3,(H,31,34)(H,32,37)(H,35,36)/t18-,19+,20+,21+/m1/s1. The monoisotopic (exact) mass is 597 g/mol. The molecule has 0 spiro atoms. The number of likely N-dealkylation sites (tertiary alicyclic amines) is 1. The van der Waals surface area contributed by atoms with E-state index in [1.807, 2.05) is 27.7 Å². The molecule has 13 heteroatoms. The zero-order chi connectivity index (χ0) is 32.4. The molecule has 3 N–H and O–H groups in total. The molecule has 2 heterocycles. The quantitative estimate of drug-likeness (QED) is 0.332. The Bertz CT molecular complexity index is 987. The molecule has 240 valence electrons. The van der Waals surface area contributed by atoms with Crippen molar-refractivity contribution < 1.29 is 43.1 Å². The second-order valence-electron chi connectivity index (χ2n) is 14.7. The smallest absolute Gasteiger partial charge is 0.457 e. The third-order valence-corrected chi connectivity index (χ3v) is 7.76. The van der Waals surface area contributed by atoms with Crippen molar-refractivity contribution in [3.05, 3.63) is 0 Å². The molecule has 0 radical (unpaired) electrons. The topological polar surface area (TPSA) is 153 Å². The van der Waals surface area contributed by atoms with Gasteiger partial charge in [0.25, 0.3) is 0 Å². The van der Waals surface area contributed by atoms with Crippen molar-refractivity contribution in [2.75, 3.05) is 6.54 Å². The van der Waals surface area contributed by atoms with Crippen LogP contribution in [0.5, 0.6) is 0 Å². The van der Waals surface area contributed by atoms with Gasteiger partial charge in [-0.3, -0.25) is 9.69 Å². The van der Waals surface area contributed by atoms with E-state index in [2.05, 4.69) is 10.6 Å². The van der Waals surface area contributed by atoms with Crippen LogP contribution in [0.25, 0.3) is 0 Å². The van der Waals surface area contributed by atoms with E-state index in [9.17, 15) is 24.3 Å². The normalized spacial score (nSPS) is 24.4. The average Bonchev–Trinajstić information content (AvgIpc) is 3.22. The number of alkyl carbamates (subject to hydrolysis) is 1. The van der Waals surface area contributed by atoms with Gasteiger partial charge in [-0.25, -0.2) is 14.4 Å². The summed E-state index contributed by atoms with van der Waals surface area (Å²) in [6, 6.07) is -2.87. The van der Waals surface area contributed by atoms with Gasteiger partial charge in [0, 0.05) is 12.5 Å². The molecular formula is C29H52BN3O9. The molecule has 0 aromatic rings. The molecule has 12 nitrogen and oxygen atoms in total. The van der Waals surface area contributed by atoms with Crippen LogP contribution in [-0.4, -0.2) is 88.3 Å². The Balaban J connectivity index is 2.27. The fourth-order valence-corrected chi connectivity index (χ4v) is 5.09. The van der Waals surface area contributed by atoms with Gasteiger partial charge < -0.3 is 34.5 Å². The highest BCUT2D eigenvalue weighted by molar-refractivity contribution is 6.45. The highest BCUT2D eigenvalue weighted by Crippen LogP contribution is 2.39. The second kappa shape index (κ2) is 13.0. The van der Waals surface area contributed by atoms with E-state index < -0.39 is 77.6 Å². The van der Waals surface area contributed by atoms with Crippen LogP contribution in [0, 0.1) is 11.8 Å². The van der Waals surface area contributed by atoms with Crippen molar-refractivity contribution in [2.24, 2.45) is 11.8 Å². The minimum atomic E-state index is -1.22. The number of hydrogen-bond donors (Lipinski definition) is 3. The molecule has 2 aliphatic heterocycles. The molecule has 2 fully saturated rings. The number of aliphatic carboxylic acids is 1. The summed E-state index contributed by atoms with van der Waals surface area (Å²) in [5.74, 6) is -2.61. The zero-order valence-electron chi connectivity index (χ0n) is 27.5. The van der Waals surface area contributed by atoms with Crippen LogP contribution in [0.4, 0.5) is 9.59 Å². The Labute approximate surface area is 251 Å². The lowest BCUT2D eigenvalue weighted by molar-refractivity contribution is -0.143. The number of carboxylic acids is 1. The Kier molecular flexibility index (Phi) is 11.0. The molecule has 0 unspecified atom stereocenters. The van der Waals surface area contributed by atoms with Crippen LogP contribution >= 0.6 is 0 Å². The maximum absolute atomic E-state index is 13.5. The van der Waals surface area contributed by atoms with Gasteiger partial charge in [-0.1, -0.05) is 20.3 Å². The maximum Gasteiger partial charge on any atom is 0.457 e. The summed E-state index contributed by atoms with van der Waals surface area (Å²) >= 11 is 0. The third-order valence-electron chi connectivity index (χ3n) is 7.76. The van der Waals surface area contributed by atoms with Crippen molar-refractivity contribution >= 4 is 31.2 Å². The Hall–Kier alpha value is -2.54. The number of carboxylic acid groups (broad SMARTS) is 1. The number of hydrogen-bond acceptors (Lipinski definition) is 8. The summed E-state index contributed by atoms with van der Waals surface area (Å²) in [7, 11) is -0.460. The minimum absolute atomic E-state index is 0.0595. The van der Waals surface area contributed by atoms with Crippen LogP contribution in [-0.2, 0) is 28.4 Å². The van der Waals surface area contributed by atoms with E-state index in [1.165, 1.54) is 4.90 Å². The van der Waals surface area contributed by atoms with E-state index in [0.717, 1.165) is 0 Å². The number of carbonyl (C=O) groups excluding carboxylic acids is 3. The molecule has 2 saturated heterocycles. The molecule has 2 rings (SSSR count). The summed E-state index contributed by atoms with van der Waals surface area (Å²) in [6.45, 7) is 21.6. The number of rotatable bonds is 9.